The third-order valence-corrected chi connectivity index (χ3v) is 5.54. The highest BCUT2D eigenvalue weighted by Crippen LogP contribution is 2.24. The predicted molar refractivity (Wildman–Crippen MR) is 111 cm³/mol. The van der Waals surface area contributed by atoms with Gasteiger partial charge in [-0.2, -0.15) is 0 Å². The molecule has 0 aromatic heterocycles. The first-order valence-electron chi connectivity index (χ1n) is 9.09. The molecule has 6 nitrogen and oxygen atoms in total. The lowest BCUT2D eigenvalue weighted by atomic mass is 10.1. The van der Waals surface area contributed by atoms with Gasteiger partial charge in [-0.1, -0.05) is 36.4 Å². The molecule has 0 bridgehead atoms. The first-order chi connectivity index (χ1) is 13.7. The molecule has 1 fully saturated rings. The van der Waals surface area contributed by atoms with Crippen molar-refractivity contribution in [2.45, 2.75) is 4.90 Å². The molecule has 0 atom stereocenters. The largest absolute Gasteiger partial charge is 0.367 e. The Kier molecular flexibility index (Phi) is 7.11. The van der Waals surface area contributed by atoms with Gasteiger partial charge in [-0.05, 0) is 29.8 Å². The Morgan fingerprint density at radius 1 is 1.00 bits per heavy atom. The van der Waals surface area contributed by atoms with Crippen molar-refractivity contribution in [1.29, 1.82) is 0 Å². The van der Waals surface area contributed by atoms with Crippen LogP contribution in [0.25, 0.3) is 6.08 Å². The number of hydroxylamine groups is 1. The van der Waals surface area contributed by atoms with Crippen LogP contribution in [-0.4, -0.2) is 53.9 Å². The minimum Gasteiger partial charge on any atom is -0.367 e. The van der Waals surface area contributed by atoms with Gasteiger partial charge in [0.2, 0.25) is 5.91 Å². The van der Waals surface area contributed by atoms with E-state index in [1.807, 2.05) is 59.5 Å². The minimum absolute atomic E-state index is 0.154. The molecule has 0 saturated carbocycles. The number of rotatable bonds is 6. The summed E-state index contributed by atoms with van der Waals surface area (Å²) < 4.78 is 0. The summed E-state index contributed by atoms with van der Waals surface area (Å²) in [6.07, 6.45) is 2.97. The Labute approximate surface area is 168 Å². The highest BCUT2D eigenvalue weighted by molar-refractivity contribution is 8.00. The van der Waals surface area contributed by atoms with Crippen molar-refractivity contribution in [3.63, 3.8) is 0 Å². The first-order valence-corrected chi connectivity index (χ1v) is 10.1. The molecule has 1 aliphatic rings. The normalized spacial score (nSPS) is 14.3. The molecule has 0 aliphatic carbocycles. The molecule has 2 N–H and O–H groups in total. The van der Waals surface area contributed by atoms with Crippen molar-refractivity contribution in [1.82, 2.24) is 10.4 Å². The molecule has 28 heavy (non-hydrogen) atoms. The van der Waals surface area contributed by atoms with E-state index in [9.17, 15) is 9.59 Å². The maximum Gasteiger partial charge on any atom is 0.267 e. The lowest BCUT2D eigenvalue weighted by Gasteiger charge is -2.36. The third kappa shape index (κ3) is 5.37. The van der Waals surface area contributed by atoms with E-state index in [1.54, 1.807) is 23.3 Å². The monoisotopic (exact) mass is 397 g/mol. The summed E-state index contributed by atoms with van der Waals surface area (Å²) in [5.41, 5.74) is 3.49. The Morgan fingerprint density at radius 3 is 2.39 bits per heavy atom. The van der Waals surface area contributed by atoms with Gasteiger partial charge in [0, 0.05) is 42.8 Å². The highest BCUT2D eigenvalue weighted by Gasteiger charge is 2.22. The summed E-state index contributed by atoms with van der Waals surface area (Å²) in [5.74, 6) is 0.0296. The molecule has 2 aromatic carbocycles. The van der Waals surface area contributed by atoms with E-state index in [0.717, 1.165) is 29.2 Å². The van der Waals surface area contributed by atoms with E-state index in [4.69, 9.17) is 5.21 Å². The zero-order valence-electron chi connectivity index (χ0n) is 15.5. The van der Waals surface area contributed by atoms with Crippen LogP contribution >= 0.6 is 11.8 Å². The number of nitrogens with one attached hydrogen (secondary N) is 1. The Bertz CT molecular complexity index is 834. The summed E-state index contributed by atoms with van der Waals surface area (Å²) in [6.45, 7) is 2.81. The summed E-state index contributed by atoms with van der Waals surface area (Å²) in [5, 5.41) is 8.63. The Hall–Kier alpha value is -2.77. The molecule has 2 aromatic rings. The van der Waals surface area contributed by atoms with Crippen LogP contribution in [0.5, 0.6) is 0 Å². The van der Waals surface area contributed by atoms with E-state index in [0.29, 0.717) is 18.8 Å². The molecule has 3 rings (SSSR count). The third-order valence-electron chi connectivity index (χ3n) is 4.54. The fraction of sp³-hybridized carbons (Fsp3) is 0.238. The van der Waals surface area contributed by atoms with Gasteiger partial charge < -0.3 is 9.80 Å². The lowest BCUT2D eigenvalue weighted by molar-refractivity contribution is -0.128. The van der Waals surface area contributed by atoms with Crippen LogP contribution in [0.4, 0.5) is 5.69 Å². The van der Waals surface area contributed by atoms with Crippen LogP contribution in [0.3, 0.4) is 0 Å². The summed E-state index contributed by atoms with van der Waals surface area (Å²) in [4.78, 5) is 29.0. The number of carbonyl (C=O) groups is 2. The van der Waals surface area contributed by atoms with Crippen molar-refractivity contribution < 1.29 is 14.8 Å². The molecule has 2 amide bonds. The zero-order valence-corrected chi connectivity index (χ0v) is 16.3. The molecule has 7 heteroatoms. The van der Waals surface area contributed by atoms with Crippen LogP contribution in [-0.2, 0) is 9.59 Å². The molecule has 1 saturated heterocycles. The second kappa shape index (κ2) is 9.96. The number of benzene rings is 2. The zero-order chi connectivity index (χ0) is 19.8. The average Bonchev–Trinajstić information content (AvgIpc) is 2.77. The van der Waals surface area contributed by atoms with Gasteiger partial charge in [-0.25, -0.2) is 5.48 Å². The van der Waals surface area contributed by atoms with Gasteiger partial charge in [-0.3, -0.25) is 14.8 Å². The fourth-order valence-corrected chi connectivity index (χ4v) is 3.89. The maximum atomic E-state index is 12.5. The highest BCUT2D eigenvalue weighted by atomic mass is 32.2. The number of hydrogen-bond acceptors (Lipinski definition) is 5. The summed E-state index contributed by atoms with van der Waals surface area (Å²) in [6, 6.07) is 17.7. The number of anilines is 1. The van der Waals surface area contributed by atoms with Crippen molar-refractivity contribution in [3.05, 3.63) is 66.2 Å². The molecule has 0 unspecified atom stereocenters. The van der Waals surface area contributed by atoms with Gasteiger partial charge in [0.05, 0.1) is 5.75 Å². The second-order valence-electron chi connectivity index (χ2n) is 6.34. The first kappa shape index (κ1) is 20.0. The number of hydrogen-bond donors (Lipinski definition) is 2. The van der Waals surface area contributed by atoms with E-state index in [1.165, 1.54) is 6.08 Å². The predicted octanol–water partition coefficient (Wildman–Crippen LogP) is 2.65. The maximum absolute atomic E-state index is 12.5. The molecular formula is C21H23N3O3S. The van der Waals surface area contributed by atoms with E-state index >= 15 is 0 Å². The van der Waals surface area contributed by atoms with Crippen LogP contribution < -0.4 is 10.4 Å². The van der Waals surface area contributed by atoms with E-state index in [-0.39, 0.29) is 5.91 Å². The molecule has 0 spiro atoms. The topological polar surface area (TPSA) is 72.9 Å². The fourth-order valence-electron chi connectivity index (χ4n) is 3.07. The molecular weight excluding hydrogens is 374 g/mol. The molecule has 0 radical (unpaired) electrons. The molecule has 1 aliphatic heterocycles. The SMILES string of the molecule is O=C(/C=C/c1ccccc1N1CCN(C(=O)CSc2ccccc2)CC1)NO. The number of carbonyl (C=O) groups excluding carboxylic acids is 2. The van der Waals surface area contributed by atoms with Gasteiger partial charge in [0.25, 0.3) is 5.91 Å². The van der Waals surface area contributed by atoms with E-state index < -0.39 is 5.91 Å². The van der Waals surface area contributed by atoms with Gasteiger partial charge >= 0.3 is 0 Å². The van der Waals surface area contributed by atoms with E-state index in [2.05, 4.69) is 4.90 Å². The number of nitrogens with zero attached hydrogens (tertiary/aromatic N) is 2. The minimum atomic E-state index is -0.568. The van der Waals surface area contributed by atoms with Crippen LogP contribution in [0, 0.1) is 0 Å². The van der Waals surface area contributed by atoms with Crippen molar-refractivity contribution in [3.8, 4) is 0 Å². The van der Waals surface area contributed by atoms with Crippen LogP contribution in [0.1, 0.15) is 5.56 Å². The number of piperazine rings is 1. The van der Waals surface area contributed by atoms with Crippen molar-refractivity contribution >= 4 is 35.3 Å². The number of thioether (sulfide) groups is 1. The summed E-state index contributed by atoms with van der Waals surface area (Å²) in [7, 11) is 0. The number of amides is 2. The summed E-state index contributed by atoms with van der Waals surface area (Å²) >= 11 is 1.56. The number of para-hydroxylation sites is 1. The Morgan fingerprint density at radius 2 is 1.68 bits per heavy atom. The second-order valence-corrected chi connectivity index (χ2v) is 7.39. The standard InChI is InChI=1S/C21H23N3O3S/c25-20(22-27)11-10-17-6-4-5-9-19(17)23-12-14-24(15-13-23)21(26)16-28-18-7-2-1-3-8-18/h1-11,27H,12-16H2,(H,22,25)/b11-10+. The molecule has 146 valence electrons. The molecule has 1 heterocycles. The Balaban J connectivity index is 1.56. The van der Waals surface area contributed by atoms with Crippen molar-refractivity contribution in [2.75, 3.05) is 36.8 Å². The van der Waals surface area contributed by atoms with Gasteiger partial charge in [0.1, 0.15) is 0 Å². The average molecular weight is 398 g/mol. The van der Waals surface area contributed by atoms with Crippen LogP contribution in [0.15, 0.2) is 65.6 Å². The van der Waals surface area contributed by atoms with Gasteiger partial charge in [0.15, 0.2) is 0 Å². The lowest BCUT2D eigenvalue weighted by Crippen LogP contribution is -2.49. The van der Waals surface area contributed by atoms with Crippen LogP contribution in [0.2, 0.25) is 0 Å². The van der Waals surface area contributed by atoms with Gasteiger partial charge in [-0.15, -0.1) is 11.8 Å². The quantitative estimate of drug-likeness (QED) is 0.339. The smallest absolute Gasteiger partial charge is 0.267 e. The van der Waals surface area contributed by atoms with Crippen molar-refractivity contribution in [2.24, 2.45) is 0 Å².